The summed E-state index contributed by atoms with van der Waals surface area (Å²) in [4.78, 5) is 25.8. The normalized spacial score (nSPS) is 14.9. The lowest BCUT2D eigenvalue weighted by atomic mass is 10.3. The van der Waals surface area contributed by atoms with Gasteiger partial charge in [-0.15, -0.1) is 23.4 Å². The number of amides is 2. The Bertz CT molecular complexity index is 885. The molecule has 29 heavy (non-hydrogen) atoms. The number of halogens is 3. The highest BCUT2D eigenvalue weighted by atomic mass is 32.2. The van der Waals surface area contributed by atoms with Gasteiger partial charge in [-0.1, -0.05) is 23.1 Å². The van der Waals surface area contributed by atoms with Crippen LogP contribution < -0.4 is 15.0 Å². The highest BCUT2D eigenvalue weighted by Crippen LogP contribution is 2.37. The van der Waals surface area contributed by atoms with Crippen LogP contribution in [-0.4, -0.2) is 39.7 Å². The maximum absolute atomic E-state index is 12.3. The molecule has 1 atom stereocenters. The van der Waals surface area contributed by atoms with E-state index in [9.17, 15) is 22.8 Å². The number of carbonyl (C=O) groups excluding carboxylic acids is 2. The van der Waals surface area contributed by atoms with Gasteiger partial charge >= 0.3 is 6.36 Å². The molecule has 0 spiro atoms. The lowest BCUT2D eigenvalue weighted by molar-refractivity contribution is -0.274. The highest BCUT2D eigenvalue weighted by molar-refractivity contribution is 8.02. The summed E-state index contributed by atoms with van der Waals surface area (Å²) in [5, 5.41) is 10.7. The number of benzene rings is 1. The van der Waals surface area contributed by atoms with E-state index in [0.717, 1.165) is 25.0 Å². The molecule has 2 aromatic rings. The first-order valence-corrected chi connectivity index (χ1v) is 10.3. The van der Waals surface area contributed by atoms with Crippen molar-refractivity contribution in [3.05, 3.63) is 24.3 Å². The molecule has 7 nitrogen and oxygen atoms in total. The minimum atomic E-state index is -4.77. The van der Waals surface area contributed by atoms with Gasteiger partial charge in [0, 0.05) is 18.7 Å². The molecule has 1 saturated carbocycles. The van der Waals surface area contributed by atoms with Crippen molar-refractivity contribution in [1.29, 1.82) is 0 Å². The molecule has 0 radical (unpaired) electrons. The number of thioether (sulfide) groups is 1. The number of rotatable bonds is 7. The van der Waals surface area contributed by atoms with E-state index in [4.69, 9.17) is 0 Å². The topological polar surface area (TPSA) is 84.4 Å². The van der Waals surface area contributed by atoms with E-state index in [2.05, 4.69) is 20.3 Å². The molecule has 1 aromatic heterocycles. The summed E-state index contributed by atoms with van der Waals surface area (Å²) in [6.45, 7) is 3.15. The van der Waals surface area contributed by atoms with Crippen molar-refractivity contribution < 1.29 is 27.5 Å². The fraction of sp³-hybridized carbons (Fsp3) is 0.412. The lowest BCUT2D eigenvalue weighted by Gasteiger charge is -2.15. The zero-order valence-electron chi connectivity index (χ0n) is 15.4. The van der Waals surface area contributed by atoms with Crippen molar-refractivity contribution in [2.45, 2.75) is 48.7 Å². The van der Waals surface area contributed by atoms with Crippen LogP contribution in [0.3, 0.4) is 0 Å². The van der Waals surface area contributed by atoms with Crippen LogP contribution in [0.1, 0.15) is 26.7 Å². The van der Waals surface area contributed by atoms with E-state index in [1.807, 2.05) is 0 Å². The van der Waals surface area contributed by atoms with Gasteiger partial charge in [0.15, 0.2) is 4.34 Å². The third-order valence-corrected chi connectivity index (χ3v) is 5.96. The molecule has 0 unspecified atom stereocenters. The zero-order chi connectivity index (χ0) is 21.2. The molecule has 0 bridgehead atoms. The van der Waals surface area contributed by atoms with Gasteiger partial charge < -0.3 is 10.1 Å². The van der Waals surface area contributed by atoms with Crippen LogP contribution in [0, 0.1) is 0 Å². The molecule has 1 aliphatic rings. The van der Waals surface area contributed by atoms with E-state index in [1.54, 1.807) is 11.8 Å². The summed E-state index contributed by atoms with van der Waals surface area (Å²) in [6, 6.07) is 5.04. The summed E-state index contributed by atoms with van der Waals surface area (Å²) in [6.07, 6.45) is -2.89. The van der Waals surface area contributed by atoms with E-state index < -0.39 is 11.6 Å². The number of ether oxygens (including phenoxy) is 1. The van der Waals surface area contributed by atoms with E-state index >= 15 is 0 Å². The summed E-state index contributed by atoms with van der Waals surface area (Å²) in [5.74, 6) is -0.809. The van der Waals surface area contributed by atoms with Gasteiger partial charge in [0.05, 0.1) is 5.25 Å². The Hall–Kier alpha value is -2.34. The number of aromatic nitrogens is 2. The second-order valence-corrected chi connectivity index (χ2v) is 8.84. The van der Waals surface area contributed by atoms with Gasteiger partial charge in [-0.2, -0.15) is 0 Å². The largest absolute Gasteiger partial charge is 0.573 e. The zero-order valence-corrected chi connectivity index (χ0v) is 17.0. The van der Waals surface area contributed by atoms with E-state index in [-0.39, 0.29) is 23.6 Å². The Morgan fingerprint density at radius 3 is 2.48 bits per heavy atom. The molecular formula is C17H17F3N4O3S2. The minimum absolute atomic E-state index is 0.0936. The van der Waals surface area contributed by atoms with Crippen LogP contribution in [0.2, 0.25) is 0 Å². The smallest absolute Gasteiger partial charge is 0.406 e. The standard InChI is InChI=1S/C17H17F3N4O3S2/c1-9(14(26)21-11-3-7-13(8-4-11)27-17(18,19)20)28-16-23-22-15(29-16)24(10(2)25)12-5-6-12/h3-4,7-9,12H,5-6H2,1-2H3,(H,21,26)/t9-/m0/s1. The maximum atomic E-state index is 12.3. The number of anilines is 2. The van der Waals surface area contributed by atoms with Crippen molar-refractivity contribution in [1.82, 2.24) is 10.2 Å². The van der Waals surface area contributed by atoms with E-state index in [1.165, 1.54) is 42.2 Å². The molecule has 1 aliphatic carbocycles. The SMILES string of the molecule is CC(=O)N(c1nnc(S[C@@H](C)C(=O)Nc2ccc(OC(F)(F)F)cc2)s1)C1CC1. The van der Waals surface area contributed by atoms with Gasteiger partial charge in [-0.25, -0.2) is 0 Å². The number of carbonyl (C=O) groups is 2. The molecule has 1 heterocycles. The monoisotopic (exact) mass is 446 g/mol. The van der Waals surface area contributed by atoms with Crippen LogP contribution in [0.15, 0.2) is 28.6 Å². The van der Waals surface area contributed by atoms with Crippen LogP contribution in [0.5, 0.6) is 5.75 Å². The Morgan fingerprint density at radius 1 is 1.28 bits per heavy atom. The minimum Gasteiger partial charge on any atom is -0.406 e. The van der Waals surface area contributed by atoms with Crippen LogP contribution in [0.4, 0.5) is 24.0 Å². The highest BCUT2D eigenvalue weighted by Gasteiger charge is 2.34. The van der Waals surface area contributed by atoms with Crippen LogP contribution in [-0.2, 0) is 9.59 Å². The third kappa shape index (κ3) is 6.07. The molecule has 156 valence electrons. The summed E-state index contributed by atoms with van der Waals surface area (Å²) in [5.41, 5.74) is 0.339. The Morgan fingerprint density at radius 2 is 1.93 bits per heavy atom. The quantitative estimate of drug-likeness (QED) is 0.510. The number of nitrogens with zero attached hydrogens (tertiary/aromatic N) is 3. The molecule has 0 aliphatic heterocycles. The molecule has 3 rings (SSSR count). The molecule has 2 amide bonds. The summed E-state index contributed by atoms with van der Waals surface area (Å²) >= 11 is 2.43. The predicted molar refractivity (Wildman–Crippen MR) is 103 cm³/mol. The summed E-state index contributed by atoms with van der Waals surface area (Å²) < 4.78 is 40.9. The van der Waals surface area contributed by atoms with Gasteiger partial charge in [0.1, 0.15) is 5.75 Å². The molecule has 1 N–H and O–H groups in total. The van der Waals surface area contributed by atoms with Crippen LogP contribution in [0.25, 0.3) is 0 Å². The maximum Gasteiger partial charge on any atom is 0.573 e. The average Bonchev–Trinajstić information content (AvgIpc) is 3.34. The third-order valence-electron chi connectivity index (χ3n) is 3.86. The van der Waals surface area contributed by atoms with Crippen molar-refractivity contribution in [2.75, 3.05) is 10.2 Å². The Balaban J connectivity index is 1.56. The first-order chi connectivity index (χ1) is 13.6. The fourth-order valence-corrected chi connectivity index (χ4v) is 4.52. The molecule has 12 heteroatoms. The van der Waals surface area contributed by atoms with Crippen molar-refractivity contribution in [3.8, 4) is 5.75 Å². The average molecular weight is 446 g/mol. The van der Waals surface area contributed by atoms with Gasteiger partial charge in [0.25, 0.3) is 0 Å². The number of alkyl halides is 3. The first-order valence-electron chi connectivity index (χ1n) is 8.59. The second kappa shape index (κ2) is 8.57. The van der Waals surface area contributed by atoms with Crippen molar-refractivity contribution in [2.24, 2.45) is 0 Å². The van der Waals surface area contributed by atoms with Crippen molar-refractivity contribution in [3.63, 3.8) is 0 Å². The number of nitrogens with one attached hydrogen (secondary N) is 1. The molecular weight excluding hydrogens is 429 g/mol. The van der Waals surface area contributed by atoms with Crippen molar-refractivity contribution >= 4 is 45.7 Å². The summed E-state index contributed by atoms with van der Waals surface area (Å²) in [7, 11) is 0. The Kier molecular flexibility index (Phi) is 6.32. The molecule has 0 saturated heterocycles. The van der Waals surface area contributed by atoms with Crippen LogP contribution >= 0.6 is 23.1 Å². The second-order valence-electron chi connectivity index (χ2n) is 6.29. The van der Waals surface area contributed by atoms with Gasteiger partial charge in [-0.3, -0.25) is 14.5 Å². The van der Waals surface area contributed by atoms with Gasteiger partial charge in [-0.05, 0) is 44.0 Å². The first kappa shape index (κ1) is 21.4. The Labute approximate surface area is 172 Å². The van der Waals surface area contributed by atoms with E-state index in [0.29, 0.717) is 15.2 Å². The number of hydrogen-bond acceptors (Lipinski definition) is 7. The predicted octanol–water partition coefficient (Wildman–Crippen LogP) is 4.07. The van der Waals surface area contributed by atoms with Gasteiger partial charge in [0.2, 0.25) is 16.9 Å². The molecule has 1 aromatic carbocycles. The number of hydrogen-bond donors (Lipinski definition) is 1. The fourth-order valence-electron chi connectivity index (χ4n) is 2.42. The molecule has 1 fully saturated rings. The lowest BCUT2D eigenvalue weighted by Crippen LogP contribution is -2.30.